The van der Waals surface area contributed by atoms with Gasteiger partial charge in [0, 0.05) is 13.2 Å². The average molecular weight is 346 g/mol. The summed E-state index contributed by atoms with van der Waals surface area (Å²) >= 11 is 11.0. The Kier molecular flexibility index (Phi) is 7.94. The number of carbonyl (C=O) groups is 1. The fourth-order valence-electron chi connectivity index (χ4n) is 1.58. The Balaban J connectivity index is 2.31. The number of hydrazine groups is 1. The highest BCUT2D eigenvalue weighted by Crippen LogP contribution is 2.24. The van der Waals surface area contributed by atoms with Crippen LogP contribution in [0.2, 0.25) is 5.02 Å². The van der Waals surface area contributed by atoms with Crippen LogP contribution in [0, 0.1) is 6.92 Å². The summed E-state index contributed by atoms with van der Waals surface area (Å²) < 4.78 is 10.3. The van der Waals surface area contributed by atoms with E-state index in [0.717, 1.165) is 5.56 Å². The normalized spacial score (nSPS) is 11.5. The number of amides is 1. The highest BCUT2D eigenvalue weighted by molar-refractivity contribution is 7.80. The Bertz CT molecular complexity index is 528. The fourth-order valence-corrected chi connectivity index (χ4v) is 2.00. The predicted molar refractivity (Wildman–Crippen MR) is 90.0 cm³/mol. The van der Waals surface area contributed by atoms with Crippen molar-refractivity contribution in [3.05, 3.63) is 28.8 Å². The zero-order valence-corrected chi connectivity index (χ0v) is 14.3. The van der Waals surface area contributed by atoms with E-state index in [2.05, 4.69) is 16.2 Å². The molecule has 1 amide bonds. The largest absolute Gasteiger partial charge is 0.482 e. The maximum Gasteiger partial charge on any atom is 0.276 e. The van der Waals surface area contributed by atoms with Crippen molar-refractivity contribution in [1.29, 1.82) is 0 Å². The molecule has 0 aliphatic carbocycles. The van der Waals surface area contributed by atoms with Crippen molar-refractivity contribution < 1.29 is 14.3 Å². The molecule has 0 aliphatic heterocycles. The summed E-state index contributed by atoms with van der Waals surface area (Å²) in [4.78, 5) is 11.7. The molecule has 0 radical (unpaired) electrons. The maximum absolute atomic E-state index is 11.7. The number of rotatable bonds is 6. The molecule has 3 N–H and O–H groups in total. The first-order valence-corrected chi connectivity index (χ1v) is 7.44. The predicted octanol–water partition coefficient (Wildman–Crippen LogP) is 1.56. The maximum atomic E-state index is 11.7. The molecule has 1 aromatic carbocycles. The van der Waals surface area contributed by atoms with Crippen molar-refractivity contribution in [2.75, 3.05) is 20.3 Å². The van der Waals surface area contributed by atoms with Gasteiger partial charge in [-0.05, 0) is 43.8 Å². The highest BCUT2D eigenvalue weighted by Gasteiger charge is 2.08. The van der Waals surface area contributed by atoms with E-state index >= 15 is 0 Å². The molecule has 6 nitrogen and oxygen atoms in total. The van der Waals surface area contributed by atoms with Gasteiger partial charge in [-0.3, -0.25) is 15.6 Å². The second kappa shape index (κ2) is 9.45. The minimum absolute atomic E-state index is 0.0317. The molecule has 1 rings (SSSR count). The summed E-state index contributed by atoms with van der Waals surface area (Å²) in [5.41, 5.74) is 6.01. The lowest BCUT2D eigenvalue weighted by Gasteiger charge is -2.16. The number of thiocarbonyl (C=S) groups is 1. The van der Waals surface area contributed by atoms with Crippen LogP contribution in [0.25, 0.3) is 0 Å². The summed E-state index contributed by atoms with van der Waals surface area (Å²) in [7, 11) is 1.60. The highest BCUT2D eigenvalue weighted by atomic mass is 35.5. The molecular weight excluding hydrogens is 326 g/mol. The van der Waals surface area contributed by atoms with Crippen molar-refractivity contribution in [2.45, 2.75) is 19.9 Å². The van der Waals surface area contributed by atoms with E-state index in [0.29, 0.717) is 22.5 Å². The molecule has 0 heterocycles. The summed E-state index contributed by atoms with van der Waals surface area (Å²) in [6.07, 6.45) is 0. The Morgan fingerprint density at radius 1 is 1.41 bits per heavy atom. The van der Waals surface area contributed by atoms with Crippen LogP contribution in [0.5, 0.6) is 5.75 Å². The smallest absolute Gasteiger partial charge is 0.276 e. The lowest BCUT2D eigenvalue weighted by Crippen LogP contribution is -2.50. The second-order valence-corrected chi connectivity index (χ2v) is 5.54. The van der Waals surface area contributed by atoms with Crippen molar-refractivity contribution in [3.63, 3.8) is 0 Å². The standard InChI is InChI=1S/C14H20ClN3O3S/c1-9-4-5-11(15)12(6-9)21-8-13(19)17-18-14(22)16-10(2)7-20-3/h4-6,10H,7-8H2,1-3H3,(H,17,19)(H2,16,18,22)/t10-/m0/s1. The van der Waals surface area contributed by atoms with Crippen molar-refractivity contribution in [2.24, 2.45) is 0 Å². The van der Waals surface area contributed by atoms with Crippen LogP contribution in [-0.4, -0.2) is 37.4 Å². The minimum Gasteiger partial charge on any atom is -0.482 e. The first-order chi connectivity index (χ1) is 10.4. The fraction of sp³-hybridized carbons (Fsp3) is 0.429. The van der Waals surface area contributed by atoms with Gasteiger partial charge < -0.3 is 14.8 Å². The first kappa shape index (κ1) is 18.5. The van der Waals surface area contributed by atoms with E-state index in [-0.39, 0.29) is 18.6 Å². The van der Waals surface area contributed by atoms with Gasteiger partial charge in [0.05, 0.1) is 11.6 Å². The molecule has 0 saturated heterocycles. The minimum atomic E-state index is -0.374. The van der Waals surface area contributed by atoms with Gasteiger partial charge >= 0.3 is 0 Å². The number of halogens is 1. The third-order valence-electron chi connectivity index (χ3n) is 2.56. The van der Waals surface area contributed by atoms with Crippen LogP contribution in [0.1, 0.15) is 12.5 Å². The summed E-state index contributed by atoms with van der Waals surface area (Å²) in [5.74, 6) is 0.0901. The SMILES string of the molecule is COC[C@H](C)NC(=S)NNC(=O)COc1cc(C)ccc1Cl. The summed E-state index contributed by atoms with van der Waals surface area (Å²) in [6.45, 7) is 4.15. The molecule has 0 saturated carbocycles. The Labute approximate surface area is 140 Å². The van der Waals surface area contributed by atoms with Crippen LogP contribution in [0.3, 0.4) is 0 Å². The second-order valence-electron chi connectivity index (χ2n) is 4.73. The van der Waals surface area contributed by atoms with E-state index in [1.165, 1.54) is 0 Å². The number of methoxy groups -OCH3 is 1. The molecule has 0 aliphatic rings. The van der Waals surface area contributed by atoms with Crippen LogP contribution < -0.4 is 20.9 Å². The molecule has 122 valence electrons. The van der Waals surface area contributed by atoms with Gasteiger partial charge in [0.15, 0.2) is 11.7 Å². The topological polar surface area (TPSA) is 71.6 Å². The summed E-state index contributed by atoms with van der Waals surface area (Å²) in [5, 5.41) is 3.70. The first-order valence-electron chi connectivity index (χ1n) is 6.65. The molecule has 0 aromatic heterocycles. The van der Waals surface area contributed by atoms with Crippen molar-refractivity contribution in [3.8, 4) is 5.75 Å². The molecular formula is C14H20ClN3O3S. The van der Waals surface area contributed by atoms with Crippen LogP contribution in [0.4, 0.5) is 0 Å². The van der Waals surface area contributed by atoms with E-state index < -0.39 is 0 Å². The molecule has 0 fully saturated rings. The number of benzene rings is 1. The van der Waals surface area contributed by atoms with E-state index in [9.17, 15) is 4.79 Å². The average Bonchev–Trinajstić information content (AvgIpc) is 2.46. The van der Waals surface area contributed by atoms with Crippen LogP contribution in [0.15, 0.2) is 18.2 Å². The number of hydrogen-bond donors (Lipinski definition) is 3. The Morgan fingerprint density at radius 3 is 2.82 bits per heavy atom. The van der Waals surface area contributed by atoms with Crippen LogP contribution in [-0.2, 0) is 9.53 Å². The molecule has 0 spiro atoms. The van der Waals surface area contributed by atoms with Gasteiger partial charge in [0.1, 0.15) is 5.75 Å². The molecule has 1 aromatic rings. The zero-order chi connectivity index (χ0) is 16.5. The van der Waals surface area contributed by atoms with Gasteiger partial charge in [-0.1, -0.05) is 17.7 Å². The quantitative estimate of drug-likeness (QED) is 0.537. The molecule has 8 heteroatoms. The van der Waals surface area contributed by atoms with Crippen molar-refractivity contribution >= 4 is 34.8 Å². The monoisotopic (exact) mass is 345 g/mol. The van der Waals surface area contributed by atoms with Gasteiger partial charge in [0.25, 0.3) is 5.91 Å². The molecule has 22 heavy (non-hydrogen) atoms. The zero-order valence-electron chi connectivity index (χ0n) is 12.7. The number of nitrogens with one attached hydrogen (secondary N) is 3. The van der Waals surface area contributed by atoms with Gasteiger partial charge in [-0.15, -0.1) is 0 Å². The number of hydrogen-bond acceptors (Lipinski definition) is 4. The lowest BCUT2D eigenvalue weighted by atomic mass is 10.2. The number of aryl methyl sites for hydroxylation is 1. The third kappa shape index (κ3) is 6.93. The van der Waals surface area contributed by atoms with E-state index in [1.807, 2.05) is 19.9 Å². The number of carbonyl (C=O) groups excluding carboxylic acids is 1. The lowest BCUT2D eigenvalue weighted by molar-refractivity contribution is -0.123. The van der Waals surface area contributed by atoms with Gasteiger partial charge in [-0.2, -0.15) is 0 Å². The van der Waals surface area contributed by atoms with E-state index in [4.69, 9.17) is 33.3 Å². The summed E-state index contributed by atoms with van der Waals surface area (Å²) in [6, 6.07) is 5.38. The Hall–Kier alpha value is -1.57. The van der Waals surface area contributed by atoms with E-state index in [1.54, 1.807) is 19.2 Å². The molecule has 0 unspecified atom stereocenters. The van der Waals surface area contributed by atoms with Crippen molar-refractivity contribution in [1.82, 2.24) is 16.2 Å². The van der Waals surface area contributed by atoms with Crippen LogP contribution >= 0.6 is 23.8 Å². The third-order valence-corrected chi connectivity index (χ3v) is 3.09. The van der Waals surface area contributed by atoms with Gasteiger partial charge in [-0.25, -0.2) is 0 Å². The number of ether oxygens (including phenoxy) is 2. The molecule has 0 bridgehead atoms. The molecule has 1 atom stereocenters. The Morgan fingerprint density at radius 2 is 2.14 bits per heavy atom. The van der Waals surface area contributed by atoms with Gasteiger partial charge in [0.2, 0.25) is 0 Å².